The van der Waals surface area contributed by atoms with E-state index in [-0.39, 0.29) is 0 Å². The van der Waals surface area contributed by atoms with Gasteiger partial charge in [-0.05, 0) is 36.6 Å². The van der Waals surface area contributed by atoms with Crippen LogP contribution in [0.1, 0.15) is 30.5 Å². The predicted octanol–water partition coefficient (Wildman–Crippen LogP) is 3.80. The van der Waals surface area contributed by atoms with Crippen molar-refractivity contribution in [2.45, 2.75) is 32.0 Å². The van der Waals surface area contributed by atoms with E-state index in [4.69, 9.17) is 0 Å². The third kappa shape index (κ3) is 3.71. The van der Waals surface area contributed by atoms with Crippen molar-refractivity contribution in [2.24, 2.45) is 0 Å². The van der Waals surface area contributed by atoms with Gasteiger partial charge in [0.05, 0.1) is 5.69 Å². The Balaban J connectivity index is 1.37. The molecule has 0 amide bonds. The number of hydrogen-bond acceptors (Lipinski definition) is 3. The van der Waals surface area contributed by atoms with Gasteiger partial charge in [-0.25, -0.2) is 4.68 Å². The monoisotopic (exact) mass is 346 g/mol. The summed E-state index contributed by atoms with van der Waals surface area (Å²) in [6.07, 6.45) is 5.02. The summed E-state index contributed by atoms with van der Waals surface area (Å²) in [5.74, 6) is 0. The molecule has 1 aliphatic heterocycles. The van der Waals surface area contributed by atoms with E-state index in [0.717, 1.165) is 25.3 Å². The maximum Gasteiger partial charge on any atom is 0.0690 e. The number of aromatic nitrogens is 2. The zero-order valence-corrected chi connectivity index (χ0v) is 15.3. The normalized spacial score (nSPS) is 18.9. The maximum absolute atomic E-state index is 4.38. The zero-order valence-electron chi connectivity index (χ0n) is 15.3. The molecule has 1 aromatic heterocycles. The fourth-order valence-corrected chi connectivity index (χ4v) is 3.80. The van der Waals surface area contributed by atoms with Crippen molar-refractivity contribution in [1.82, 2.24) is 20.0 Å². The summed E-state index contributed by atoms with van der Waals surface area (Å²) in [6.45, 7) is 5.42. The molecule has 0 bridgehead atoms. The first-order valence-electron chi connectivity index (χ1n) is 9.41. The first-order valence-corrected chi connectivity index (χ1v) is 9.41. The van der Waals surface area contributed by atoms with Gasteiger partial charge in [0.1, 0.15) is 0 Å². The molecule has 2 aromatic carbocycles. The lowest BCUT2D eigenvalue weighted by Crippen LogP contribution is -2.33. The second-order valence-electron chi connectivity index (χ2n) is 7.03. The van der Waals surface area contributed by atoms with Crippen molar-refractivity contribution >= 4 is 0 Å². The molecule has 134 valence electrons. The van der Waals surface area contributed by atoms with Gasteiger partial charge in [-0.2, -0.15) is 5.10 Å². The molecule has 0 unspecified atom stereocenters. The van der Waals surface area contributed by atoms with Crippen LogP contribution in [0.5, 0.6) is 0 Å². The second-order valence-corrected chi connectivity index (χ2v) is 7.03. The molecule has 4 heteroatoms. The number of benzene rings is 2. The average Bonchev–Trinajstić information content (AvgIpc) is 3.39. The van der Waals surface area contributed by atoms with Crippen LogP contribution in [0.15, 0.2) is 73.1 Å². The van der Waals surface area contributed by atoms with E-state index in [2.05, 4.69) is 76.8 Å². The molecule has 0 aliphatic carbocycles. The standard InChI is InChI=1S/C22H26N4/c1-18(19-8-3-2-4-9-19)25-15-12-21(17-25)23-16-20-10-5-6-11-22(20)26-14-7-13-24-26/h2-11,13-14,18,21,23H,12,15-17H2,1H3/t18-,21-/m1/s1. The van der Waals surface area contributed by atoms with Gasteiger partial charge < -0.3 is 5.32 Å². The van der Waals surface area contributed by atoms with Crippen LogP contribution in [0.4, 0.5) is 0 Å². The van der Waals surface area contributed by atoms with Gasteiger partial charge in [-0.3, -0.25) is 4.90 Å². The second kappa shape index (κ2) is 7.85. The van der Waals surface area contributed by atoms with Crippen molar-refractivity contribution in [3.05, 3.63) is 84.2 Å². The van der Waals surface area contributed by atoms with E-state index in [1.807, 2.05) is 23.1 Å². The Morgan fingerprint density at radius 1 is 1.08 bits per heavy atom. The van der Waals surface area contributed by atoms with Gasteiger partial charge in [-0.15, -0.1) is 0 Å². The molecule has 1 saturated heterocycles. The Kier molecular flexibility index (Phi) is 5.14. The highest BCUT2D eigenvalue weighted by atomic mass is 15.3. The lowest BCUT2D eigenvalue weighted by molar-refractivity contribution is 0.255. The fraction of sp³-hybridized carbons (Fsp3) is 0.318. The first-order chi connectivity index (χ1) is 12.8. The molecule has 2 atom stereocenters. The molecule has 0 radical (unpaired) electrons. The van der Waals surface area contributed by atoms with E-state index < -0.39 is 0 Å². The molecule has 1 N–H and O–H groups in total. The average molecular weight is 346 g/mol. The van der Waals surface area contributed by atoms with Gasteiger partial charge in [0.15, 0.2) is 0 Å². The van der Waals surface area contributed by atoms with E-state index in [1.165, 1.54) is 17.5 Å². The van der Waals surface area contributed by atoms with Crippen LogP contribution in [0.3, 0.4) is 0 Å². The van der Waals surface area contributed by atoms with Crippen molar-refractivity contribution in [3.63, 3.8) is 0 Å². The van der Waals surface area contributed by atoms with Crippen LogP contribution in [-0.4, -0.2) is 33.8 Å². The smallest absolute Gasteiger partial charge is 0.0690 e. The highest BCUT2D eigenvalue weighted by Crippen LogP contribution is 2.24. The Hall–Kier alpha value is -2.43. The molecule has 2 heterocycles. The number of nitrogens with zero attached hydrogens (tertiary/aromatic N) is 3. The summed E-state index contributed by atoms with van der Waals surface area (Å²) in [4.78, 5) is 2.58. The zero-order chi connectivity index (χ0) is 17.8. The van der Waals surface area contributed by atoms with Crippen LogP contribution in [0.25, 0.3) is 5.69 Å². The number of rotatable bonds is 6. The van der Waals surface area contributed by atoms with Crippen LogP contribution in [-0.2, 0) is 6.54 Å². The summed E-state index contributed by atoms with van der Waals surface area (Å²) < 4.78 is 1.94. The van der Waals surface area contributed by atoms with Crippen LogP contribution >= 0.6 is 0 Å². The number of para-hydroxylation sites is 1. The predicted molar refractivity (Wildman–Crippen MR) is 105 cm³/mol. The maximum atomic E-state index is 4.38. The molecule has 26 heavy (non-hydrogen) atoms. The third-order valence-corrected chi connectivity index (χ3v) is 5.37. The van der Waals surface area contributed by atoms with Crippen molar-refractivity contribution in [3.8, 4) is 5.69 Å². The number of hydrogen-bond donors (Lipinski definition) is 1. The Morgan fingerprint density at radius 3 is 2.69 bits per heavy atom. The molecule has 0 spiro atoms. The van der Waals surface area contributed by atoms with Gasteiger partial charge >= 0.3 is 0 Å². The molecule has 0 saturated carbocycles. The Morgan fingerprint density at radius 2 is 1.88 bits per heavy atom. The van der Waals surface area contributed by atoms with E-state index in [1.54, 1.807) is 0 Å². The van der Waals surface area contributed by atoms with Crippen molar-refractivity contribution in [2.75, 3.05) is 13.1 Å². The van der Waals surface area contributed by atoms with Crippen LogP contribution in [0, 0.1) is 0 Å². The van der Waals surface area contributed by atoms with Crippen LogP contribution < -0.4 is 5.32 Å². The largest absolute Gasteiger partial charge is 0.309 e. The minimum atomic E-state index is 0.472. The number of likely N-dealkylation sites (tertiary alicyclic amines) is 1. The van der Waals surface area contributed by atoms with E-state index >= 15 is 0 Å². The lowest BCUT2D eigenvalue weighted by atomic mass is 10.1. The highest BCUT2D eigenvalue weighted by molar-refractivity contribution is 5.40. The van der Waals surface area contributed by atoms with Gasteiger partial charge in [0.2, 0.25) is 0 Å². The SMILES string of the molecule is C[C@H](c1ccccc1)N1CC[C@@H](NCc2ccccc2-n2cccn2)C1. The summed E-state index contributed by atoms with van der Waals surface area (Å²) in [7, 11) is 0. The topological polar surface area (TPSA) is 33.1 Å². The molecular formula is C22H26N4. The summed E-state index contributed by atoms with van der Waals surface area (Å²) in [5, 5.41) is 8.13. The van der Waals surface area contributed by atoms with E-state index in [0.29, 0.717) is 12.1 Å². The molecule has 3 aromatic rings. The quantitative estimate of drug-likeness (QED) is 0.737. The minimum absolute atomic E-state index is 0.472. The Labute approximate surface area is 155 Å². The molecular weight excluding hydrogens is 320 g/mol. The highest BCUT2D eigenvalue weighted by Gasteiger charge is 2.26. The molecule has 1 aliphatic rings. The summed E-state index contributed by atoms with van der Waals surface area (Å²) >= 11 is 0. The van der Waals surface area contributed by atoms with Crippen molar-refractivity contribution in [1.29, 1.82) is 0 Å². The lowest BCUT2D eigenvalue weighted by Gasteiger charge is -2.25. The van der Waals surface area contributed by atoms with Crippen molar-refractivity contribution < 1.29 is 0 Å². The molecule has 1 fully saturated rings. The van der Waals surface area contributed by atoms with Crippen LogP contribution in [0.2, 0.25) is 0 Å². The summed E-state index contributed by atoms with van der Waals surface area (Å²) in [6, 6.07) is 22.2. The third-order valence-electron chi connectivity index (χ3n) is 5.37. The van der Waals surface area contributed by atoms with Gasteiger partial charge in [0, 0.05) is 44.1 Å². The number of nitrogens with one attached hydrogen (secondary N) is 1. The Bertz CT molecular complexity index is 813. The minimum Gasteiger partial charge on any atom is -0.309 e. The van der Waals surface area contributed by atoms with E-state index in [9.17, 15) is 0 Å². The van der Waals surface area contributed by atoms with Gasteiger partial charge in [0.25, 0.3) is 0 Å². The fourth-order valence-electron chi connectivity index (χ4n) is 3.80. The van der Waals surface area contributed by atoms with Gasteiger partial charge in [-0.1, -0.05) is 48.5 Å². The summed E-state index contributed by atoms with van der Waals surface area (Å²) in [5.41, 5.74) is 3.83. The molecule has 4 nitrogen and oxygen atoms in total. The molecule has 4 rings (SSSR count). The first kappa shape index (κ1) is 17.0.